The second-order valence-corrected chi connectivity index (χ2v) is 3.49. The molecule has 0 aromatic heterocycles. The van der Waals surface area contributed by atoms with Crippen LogP contribution in [0.2, 0.25) is 0 Å². The normalized spacial score (nSPS) is 26.2. The highest BCUT2D eigenvalue weighted by molar-refractivity contribution is 6.32. The summed E-state index contributed by atoms with van der Waals surface area (Å²) >= 11 is 11.6. The number of hydrogen-bond donors (Lipinski definition) is 1. The number of nitrogens with one attached hydrogen (secondary N) is 1. The molecule has 0 saturated carbocycles. The van der Waals surface area contributed by atoms with Crippen LogP contribution >= 0.6 is 23.2 Å². The maximum atomic E-state index is 10.5. The minimum absolute atomic E-state index is 0.0650. The topological polar surface area (TPSA) is 50.7 Å². The molecule has 0 radical (unpaired) electrons. The first-order valence-electron chi connectivity index (χ1n) is 3.53. The van der Waals surface area contributed by atoms with E-state index in [1.165, 1.54) is 13.1 Å². The van der Waals surface area contributed by atoms with Crippen molar-refractivity contribution < 1.29 is 9.53 Å². The zero-order valence-electron chi connectivity index (χ0n) is 6.88. The third-order valence-corrected chi connectivity index (χ3v) is 1.80. The third-order valence-electron chi connectivity index (χ3n) is 1.28. The smallest absolute Gasteiger partial charge is 0.302 e. The number of allylic oxidation sites excluding steroid dienone is 1. The van der Waals surface area contributed by atoms with Crippen LogP contribution in [0.5, 0.6) is 0 Å². The van der Waals surface area contributed by atoms with Crippen LogP contribution in [-0.4, -0.2) is 23.9 Å². The van der Waals surface area contributed by atoms with Gasteiger partial charge in [-0.15, -0.1) is 0 Å². The van der Waals surface area contributed by atoms with Crippen molar-refractivity contribution in [3.63, 3.8) is 0 Å². The molecule has 0 saturated heterocycles. The molecule has 0 aliphatic carbocycles. The van der Waals surface area contributed by atoms with E-state index >= 15 is 0 Å². The molecule has 6 heteroatoms. The van der Waals surface area contributed by atoms with Crippen LogP contribution in [0.4, 0.5) is 0 Å². The molecule has 13 heavy (non-hydrogen) atoms. The molecule has 0 aromatic carbocycles. The van der Waals surface area contributed by atoms with Gasteiger partial charge in [0.05, 0.1) is 0 Å². The summed E-state index contributed by atoms with van der Waals surface area (Å²) in [6.07, 6.45) is 3.01. The van der Waals surface area contributed by atoms with Gasteiger partial charge in [0.15, 0.2) is 0 Å². The van der Waals surface area contributed by atoms with Crippen LogP contribution in [0.15, 0.2) is 16.2 Å². The van der Waals surface area contributed by atoms with E-state index in [1.807, 2.05) is 0 Å². The fourth-order valence-electron chi connectivity index (χ4n) is 0.748. The average molecular weight is 223 g/mol. The van der Waals surface area contributed by atoms with Crippen LogP contribution < -0.4 is 5.32 Å². The van der Waals surface area contributed by atoms with Crippen LogP contribution in [-0.2, 0) is 9.53 Å². The Morgan fingerprint density at radius 3 is 3.08 bits per heavy atom. The van der Waals surface area contributed by atoms with E-state index in [9.17, 15) is 4.79 Å². The van der Waals surface area contributed by atoms with Gasteiger partial charge < -0.3 is 10.1 Å². The number of carbonyl (C=O) groups is 1. The maximum absolute atomic E-state index is 10.5. The molecule has 1 N–H and O–H groups in total. The van der Waals surface area contributed by atoms with Gasteiger partial charge in [0.2, 0.25) is 5.12 Å². The van der Waals surface area contributed by atoms with Crippen LogP contribution in [0.3, 0.4) is 0 Å². The molecule has 1 aliphatic heterocycles. The van der Waals surface area contributed by atoms with Gasteiger partial charge in [-0.1, -0.05) is 23.2 Å². The number of aliphatic imine (C=N–C) groups is 1. The van der Waals surface area contributed by atoms with Crippen LogP contribution in [0, 0.1) is 0 Å². The van der Waals surface area contributed by atoms with Crippen LogP contribution in [0.1, 0.15) is 6.92 Å². The molecule has 1 aliphatic rings. The van der Waals surface area contributed by atoms with Crippen molar-refractivity contribution >= 4 is 35.4 Å². The number of carbonyl (C=O) groups excluding carboxylic acids is 1. The number of alkyl halides is 1. The zero-order chi connectivity index (χ0) is 9.90. The Labute approximate surface area is 85.6 Å². The first-order chi connectivity index (χ1) is 6.02. The molecule has 1 atom stereocenters. The molecular weight excluding hydrogens is 215 g/mol. The summed E-state index contributed by atoms with van der Waals surface area (Å²) in [7, 11) is 0. The summed E-state index contributed by atoms with van der Waals surface area (Å²) in [5, 5.41) is 1.85. The van der Waals surface area contributed by atoms with E-state index in [1.54, 1.807) is 6.08 Å². The van der Waals surface area contributed by atoms with Gasteiger partial charge in [-0.2, -0.15) is 0 Å². The molecule has 1 unspecified atom stereocenters. The van der Waals surface area contributed by atoms with Gasteiger partial charge in [-0.25, -0.2) is 4.99 Å². The lowest BCUT2D eigenvalue weighted by Crippen LogP contribution is -2.42. The molecule has 0 fully saturated rings. The first-order valence-corrected chi connectivity index (χ1v) is 4.29. The number of halogens is 2. The largest absolute Gasteiger partial charge is 0.460 e. The Bertz CT molecular complexity index is 278. The molecule has 0 bridgehead atoms. The van der Waals surface area contributed by atoms with E-state index < -0.39 is 11.1 Å². The number of rotatable bonds is 2. The summed E-state index contributed by atoms with van der Waals surface area (Å²) in [5.41, 5.74) is 0. The van der Waals surface area contributed by atoms with Crippen molar-refractivity contribution in [3.8, 4) is 0 Å². The van der Waals surface area contributed by atoms with E-state index in [0.29, 0.717) is 5.16 Å². The van der Waals surface area contributed by atoms with E-state index in [0.717, 1.165) is 0 Å². The lowest BCUT2D eigenvalue weighted by molar-refractivity contribution is -0.142. The van der Waals surface area contributed by atoms with Gasteiger partial charge in [0, 0.05) is 13.1 Å². The van der Waals surface area contributed by atoms with Crippen molar-refractivity contribution in [2.24, 2.45) is 4.99 Å². The minimum atomic E-state index is -1.17. The zero-order valence-corrected chi connectivity index (χ0v) is 8.39. The number of esters is 1. The minimum Gasteiger partial charge on any atom is -0.460 e. The van der Waals surface area contributed by atoms with Gasteiger partial charge in [-0.05, 0) is 6.08 Å². The average Bonchev–Trinajstić information content (AvgIpc) is 2.01. The van der Waals surface area contributed by atoms with Gasteiger partial charge in [0.25, 0.3) is 0 Å². The molecule has 1 rings (SSSR count). The third kappa shape index (κ3) is 3.24. The molecule has 0 spiro atoms. The SMILES string of the molecule is CC(=O)OCC1(Cl)N=CC=C(Cl)N1. The van der Waals surface area contributed by atoms with Crippen molar-refractivity contribution in [1.29, 1.82) is 0 Å². The maximum Gasteiger partial charge on any atom is 0.302 e. The Balaban J connectivity index is 2.53. The Morgan fingerprint density at radius 2 is 2.54 bits per heavy atom. The summed E-state index contributed by atoms with van der Waals surface area (Å²) in [6, 6.07) is 0. The second-order valence-electron chi connectivity index (χ2n) is 2.46. The highest BCUT2D eigenvalue weighted by atomic mass is 35.5. The van der Waals surface area contributed by atoms with Gasteiger partial charge in [0.1, 0.15) is 11.8 Å². The molecule has 0 aromatic rings. The lowest BCUT2D eigenvalue weighted by atomic mass is 10.4. The molecule has 0 amide bonds. The predicted octanol–water partition coefficient (Wildman–Crippen LogP) is 1.20. The van der Waals surface area contributed by atoms with Crippen molar-refractivity contribution in [1.82, 2.24) is 5.32 Å². The standard InChI is InChI=1S/C7H8Cl2N2O2/c1-5(12)13-4-7(9)10-3-2-6(8)11-7/h2-3,11H,4H2,1H3. The lowest BCUT2D eigenvalue weighted by Gasteiger charge is -2.25. The first kappa shape index (κ1) is 10.3. The Hall–Kier alpha value is -0.740. The van der Waals surface area contributed by atoms with Crippen molar-refractivity contribution in [3.05, 3.63) is 11.2 Å². The molecule has 1 heterocycles. The monoisotopic (exact) mass is 222 g/mol. The van der Waals surface area contributed by atoms with Crippen molar-refractivity contribution in [2.75, 3.05) is 6.61 Å². The highest BCUT2D eigenvalue weighted by Crippen LogP contribution is 2.19. The summed E-state index contributed by atoms with van der Waals surface area (Å²) in [5.74, 6) is -0.414. The second kappa shape index (κ2) is 3.98. The predicted molar refractivity (Wildman–Crippen MR) is 50.8 cm³/mol. The van der Waals surface area contributed by atoms with Gasteiger partial charge in [-0.3, -0.25) is 4.79 Å². The summed E-state index contributed by atoms with van der Waals surface area (Å²) < 4.78 is 4.70. The summed E-state index contributed by atoms with van der Waals surface area (Å²) in [6.45, 7) is 1.23. The number of hydrogen-bond acceptors (Lipinski definition) is 4. The summed E-state index contributed by atoms with van der Waals surface area (Å²) in [4.78, 5) is 14.4. The quantitative estimate of drug-likeness (QED) is 0.434. The fourth-order valence-corrected chi connectivity index (χ4v) is 1.22. The Kier molecular flexibility index (Phi) is 3.17. The van der Waals surface area contributed by atoms with Crippen LogP contribution in [0.25, 0.3) is 0 Å². The molecular formula is C7H8Cl2N2O2. The van der Waals surface area contributed by atoms with E-state index in [4.69, 9.17) is 27.9 Å². The number of ether oxygens (including phenoxy) is 1. The van der Waals surface area contributed by atoms with Gasteiger partial charge >= 0.3 is 5.97 Å². The number of nitrogens with zero attached hydrogens (tertiary/aromatic N) is 1. The van der Waals surface area contributed by atoms with E-state index in [2.05, 4.69) is 10.3 Å². The highest BCUT2D eigenvalue weighted by Gasteiger charge is 2.29. The molecule has 72 valence electrons. The fraction of sp³-hybridized carbons (Fsp3) is 0.429. The van der Waals surface area contributed by atoms with E-state index in [-0.39, 0.29) is 6.61 Å². The Morgan fingerprint density at radius 1 is 1.85 bits per heavy atom. The van der Waals surface area contributed by atoms with Crippen molar-refractivity contribution in [2.45, 2.75) is 12.0 Å². The molecule has 4 nitrogen and oxygen atoms in total.